The molecule has 2 N–H and O–H groups in total. The molecule has 2 aromatic rings. The fourth-order valence-corrected chi connectivity index (χ4v) is 2.96. The second-order valence-corrected chi connectivity index (χ2v) is 5.38. The molecule has 2 heterocycles. The summed E-state index contributed by atoms with van der Waals surface area (Å²) >= 11 is 0. The Balaban J connectivity index is 1.97. The van der Waals surface area contributed by atoms with E-state index in [4.69, 9.17) is 5.73 Å². The van der Waals surface area contributed by atoms with Gasteiger partial charge in [-0.2, -0.15) is 0 Å². The molecule has 0 saturated carbocycles. The molecule has 3 nitrogen and oxygen atoms in total. The van der Waals surface area contributed by atoms with E-state index in [1.165, 1.54) is 11.6 Å². The van der Waals surface area contributed by atoms with Crippen LogP contribution in [0.1, 0.15) is 12.0 Å². The van der Waals surface area contributed by atoms with Crippen molar-refractivity contribution in [2.45, 2.75) is 6.42 Å². The van der Waals surface area contributed by atoms with Gasteiger partial charge in [-0.05, 0) is 30.2 Å². The van der Waals surface area contributed by atoms with Crippen LogP contribution in [0.15, 0.2) is 30.5 Å². The van der Waals surface area contributed by atoms with E-state index in [1.807, 2.05) is 13.1 Å². The summed E-state index contributed by atoms with van der Waals surface area (Å²) in [6.07, 6.45) is 5.35. The molecule has 0 aliphatic carbocycles. The van der Waals surface area contributed by atoms with Gasteiger partial charge >= 0.3 is 0 Å². The highest BCUT2D eigenvalue weighted by Crippen LogP contribution is 2.30. The van der Waals surface area contributed by atoms with E-state index < -0.39 is 0 Å². The maximum Gasteiger partial charge on any atom is 0.123 e. The molecule has 0 amide bonds. The van der Waals surface area contributed by atoms with E-state index in [2.05, 4.69) is 21.7 Å². The number of fused-ring (bicyclic) bond motifs is 1. The number of hydrogen-bond donors (Lipinski definition) is 1. The molecule has 0 bridgehead atoms. The lowest BCUT2D eigenvalue weighted by Crippen LogP contribution is -2.33. The number of rotatable bonds is 3. The van der Waals surface area contributed by atoms with Gasteiger partial charge in [0.15, 0.2) is 0 Å². The van der Waals surface area contributed by atoms with E-state index >= 15 is 0 Å². The number of aromatic nitrogens is 1. The zero-order valence-electron chi connectivity index (χ0n) is 11.8. The van der Waals surface area contributed by atoms with Crippen molar-refractivity contribution in [2.24, 2.45) is 12.8 Å². The SMILES string of the molecule is Cn1cc(C2=CCN(CCN)CC2)c2cc(F)ccc21. The van der Waals surface area contributed by atoms with Gasteiger partial charge in [-0.1, -0.05) is 6.08 Å². The molecule has 1 aliphatic heterocycles. The van der Waals surface area contributed by atoms with E-state index in [9.17, 15) is 4.39 Å². The minimum atomic E-state index is -0.175. The number of nitrogens with two attached hydrogens (primary N) is 1. The van der Waals surface area contributed by atoms with Gasteiger partial charge in [-0.3, -0.25) is 4.90 Å². The summed E-state index contributed by atoms with van der Waals surface area (Å²) in [7, 11) is 2.01. The van der Waals surface area contributed by atoms with Crippen LogP contribution in [0, 0.1) is 5.82 Å². The summed E-state index contributed by atoms with van der Waals surface area (Å²) in [5.41, 5.74) is 9.14. The lowest BCUT2D eigenvalue weighted by Gasteiger charge is -2.25. The van der Waals surface area contributed by atoms with E-state index in [1.54, 1.807) is 6.07 Å². The van der Waals surface area contributed by atoms with E-state index in [0.29, 0.717) is 6.54 Å². The van der Waals surface area contributed by atoms with E-state index in [-0.39, 0.29) is 5.82 Å². The Morgan fingerprint density at radius 1 is 1.35 bits per heavy atom. The summed E-state index contributed by atoms with van der Waals surface area (Å²) in [5.74, 6) is -0.175. The Labute approximate surface area is 118 Å². The van der Waals surface area contributed by atoms with Crippen LogP contribution in [0.4, 0.5) is 4.39 Å². The maximum absolute atomic E-state index is 13.5. The van der Waals surface area contributed by atoms with Crippen molar-refractivity contribution in [3.8, 4) is 0 Å². The normalized spacial score (nSPS) is 16.6. The lowest BCUT2D eigenvalue weighted by molar-refractivity contribution is 0.310. The Kier molecular flexibility index (Phi) is 3.59. The highest BCUT2D eigenvalue weighted by atomic mass is 19.1. The molecule has 20 heavy (non-hydrogen) atoms. The number of hydrogen-bond acceptors (Lipinski definition) is 2. The van der Waals surface area contributed by atoms with Crippen molar-refractivity contribution in [3.05, 3.63) is 41.9 Å². The fraction of sp³-hybridized carbons (Fsp3) is 0.375. The van der Waals surface area contributed by atoms with Crippen LogP contribution < -0.4 is 5.73 Å². The molecule has 1 aliphatic rings. The first kappa shape index (κ1) is 13.3. The Bertz CT molecular complexity index is 657. The average molecular weight is 273 g/mol. The van der Waals surface area contributed by atoms with Gasteiger partial charge in [-0.25, -0.2) is 4.39 Å². The first-order valence-corrected chi connectivity index (χ1v) is 7.05. The third kappa shape index (κ3) is 2.37. The molecule has 0 spiro atoms. The molecule has 0 unspecified atom stereocenters. The Morgan fingerprint density at radius 2 is 2.20 bits per heavy atom. The number of aryl methyl sites for hydroxylation is 1. The molecular weight excluding hydrogens is 253 g/mol. The van der Waals surface area contributed by atoms with Crippen LogP contribution in [-0.4, -0.2) is 35.6 Å². The van der Waals surface area contributed by atoms with Crippen molar-refractivity contribution in [3.63, 3.8) is 0 Å². The summed E-state index contributed by atoms with van der Waals surface area (Å²) < 4.78 is 15.6. The van der Waals surface area contributed by atoms with Gasteiger partial charge in [0.2, 0.25) is 0 Å². The zero-order valence-corrected chi connectivity index (χ0v) is 11.8. The molecule has 0 radical (unpaired) electrons. The Morgan fingerprint density at radius 3 is 2.90 bits per heavy atom. The lowest BCUT2D eigenvalue weighted by atomic mass is 9.99. The molecule has 106 valence electrons. The largest absolute Gasteiger partial charge is 0.350 e. The highest BCUT2D eigenvalue weighted by Gasteiger charge is 2.16. The van der Waals surface area contributed by atoms with Gasteiger partial charge in [0.1, 0.15) is 5.82 Å². The number of benzene rings is 1. The van der Waals surface area contributed by atoms with Crippen molar-refractivity contribution >= 4 is 16.5 Å². The maximum atomic E-state index is 13.5. The first-order chi connectivity index (χ1) is 9.69. The van der Waals surface area contributed by atoms with Crippen LogP contribution in [0.3, 0.4) is 0 Å². The van der Waals surface area contributed by atoms with Gasteiger partial charge < -0.3 is 10.3 Å². The second-order valence-electron chi connectivity index (χ2n) is 5.38. The second kappa shape index (κ2) is 5.38. The standard InChI is InChI=1S/C16H20FN3/c1-19-11-15(14-10-13(17)2-3-16(14)19)12-4-7-20(8-5-12)9-6-18/h2-4,10-11H,5-9,18H2,1H3. The first-order valence-electron chi connectivity index (χ1n) is 7.05. The molecule has 0 atom stereocenters. The predicted molar refractivity (Wildman–Crippen MR) is 81.0 cm³/mol. The monoisotopic (exact) mass is 273 g/mol. The summed E-state index contributed by atoms with van der Waals surface area (Å²) in [4.78, 5) is 2.34. The average Bonchev–Trinajstić information content (AvgIpc) is 2.77. The summed E-state index contributed by atoms with van der Waals surface area (Å²) in [5, 5.41) is 1.01. The van der Waals surface area contributed by atoms with Crippen LogP contribution in [-0.2, 0) is 7.05 Å². The van der Waals surface area contributed by atoms with Crippen molar-refractivity contribution in [1.29, 1.82) is 0 Å². The predicted octanol–water partition coefficient (Wildman–Crippen LogP) is 2.37. The summed E-state index contributed by atoms with van der Waals surface area (Å²) in [6.45, 7) is 3.59. The minimum absolute atomic E-state index is 0.175. The molecule has 0 saturated heterocycles. The molecular formula is C16H20FN3. The quantitative estimate of drug-likeness (QED) is 0.931. The molecule has 0 fully saturated rings. The van der Waals surface area contributed by atoms with Crippen LogP contribution in [0.5, 0.6) is 0 Å². The fourth-order valence-electron chi connectivity index (χ4n) is 2.96. The van der Waals surface area contributed by atoms with Crippen molar-refractivity contribution in [2.75, 3.05) is 26.2 Å². The van der Waals surface area contributed by atoms with Gasteiger partial charge in [-0.15, -0.1) is 0 Å². The molecule has 3 rings (SSSR count). The third-order valence-electron chi connectivity index (χ3n) is 4.04. The topological polar surface area (TPSA) is 34.2 Å². The van der Waals surface area contributed by atoms with Crippen LogP contribution in [0.25, 0.3) is 16.5 Å². The third-order valence-corrected chi connectivity index (χ3v) is 4.04. The van der Waals surface area contributed by atoms with Crippen molar-refractivity contribution in [1.82, 2.24) is 9.47 Å². The van der Waals surface area contributed by atoms with Gasteiger partial charge in [0.05, 0.1) is 0 Å². The van der Waals surface area contributed by atoms with Crippen LogP contribution in [0.2, 0.25) is 0 Å². The highest BCUT2D eigenvalue weighted by molar-refractivity contribution is 5.93. The van der Waals surface area contributed by atoms with E-state index in [0.717, 1.165) is 42.5 Å². The number of nitrogens with zero attached hydrogens (tertiary/aromatic N) is 2. The van der Waals surface area contributed by atoms with Gasteiger partial charge in [0, 0.05) is 55.9 Å². The van der Waals surface area contributed by atoms with Crippen molar-refractivity contribution < 1.29 is 4.39 Å². The zero-order chi connectivity index (χ0) is 14.1. The van der Waals surface area contributed by atoms with Gasteiger partial charge in [0.25, 0.3) is 0 Å². The van der Waals surface area contributed by atoms with Crippen LogP contribution >= 0.6 is 0 Å². The minimum Gasteiger partial charge on any atom is -0.350 e. The summed E-state index contributed by atoms with van der Waals surface area (Å²) in [6, 6.07) is 5.00. The Hall–Kier alpha value is -1.65. The molecule has 4 heteroatoms. The molecule has 1 aromatic heterocycles. The number of halogens is 1. The smallest absolute Gasteiger partial charge is 0.123 e. The molecule has 1 aromatic carbocycles.